The van der Waals surface area contributed by atoms with Gasteiger partial charge in [0.05, 0.1) is 0 Å². The Bertz CT molecular complexity index is 514. The second-order valence-electron chi connectivity index (χ2n) is 4.72. The largest absolute Gasteiger partial charge is 0.313 e. The van der Waals surface area contributed by atoms with E-state index in [4.69, 9.17) is 0 Å². The van der Waals surface area contributed by atoms with Crippen LogP contribution in [0.1, 0.15) is 29.3 Å². The fourth-order valence-electron chi connectivity index (χ4n) is 2.14. The number of benzene rings is 1. The Morgan fingerprint density at radius 1 is 1.11 bits per heavy atom. The molecule has 0 saturated carbocycles. The maximum Gasteiger partial charge on any atom is 0.0205 e. The number of hydrogen-bond donors (Lipinski definition) is 1. The molecule has 0 fully saturated rings. The van der Waals surface area contributed by atoms with E-state index in [0.29, 0.717) is 0 Å². The van der Waals surface area contributed by atoms with Gasteiger partial charge >= 0.3 is 0 Å². The molecule has 0 amide bonds. The average Bonchev–Trinajstić information content (AvgIpc) is 2.78. The topological polar surface area (TPSA) is 12.0 Å². The van der Waals surface area contributed by atoms with E-state index in [9.17, 15) is 0 Å². The highest BCUT2D eigenvalue weighted by atomic mass is 32.1. The van der Waals surface area contributed by atoms with E-state index in [0.717, 1.165) is 13.1 Å². The van der Waals surface area contributed by atoms with Crippen LogP contribution < -0.4 is 5.32 Å². The molecule has 2 heteroatoms. The minimum atomic E-state index is 0.963. The summed E-state index contributed by atoms with van der Waals surface area (Å²) >= 11 is 1.82. The van der Waals surface area contributed by atoms with Crippen LogP contribution in [0, 0.1) is 13.8 Å². The maximum absolute atomic E-state index is 3.46. The summed E-state index contributed by atoms with van der Waals surface area (Å²) in [4.78, 5) is 1.40. The number of hydrogen-bond acceptors (Lipinski definition) is 2. The summed E-state index contributed by atoms with van der Waals surface area (Å²) in [6, 6.07) is 9.01. The highest BCUT2D eigenvalue weighted by Crippen LogP contribution is 2.30. The van der Waals surface area contributed by atoms with Crippen molar-refractivity contribution in [2.45, 2.75) is 33.7 Å². The summed E-state index contributed by atoms with van der Waals surface area (Å²) < 4.78 is 0. The van der Waals surface area contributed by atoms with Crippen molar-refractivity contribution < 1.29 is 0 Å². The Labute approximate surface area is 114 Å². The van der Waals surface area contributed by atoms with Gasteiger partial charge < -0.3 is 5.32 Å². The second-order valence-corrected chi connectivity index (χ2v) is 5.84. The molecular formula is C16H21NS. The van der Waals surface area contributed by atoms with Crippen molar-refractivity contribution in [3.05, 3.63) is 45.6 Å². The standard InChI is InChI=1S/C16H21NS/c1-4-8-17-11-14-6-5-12(2)16(10-14)15-7-9-18-13(15)3/h5-7,9-10,17H,4,8,11H2,1-3H3. The van der Waals surface area contributed by atoms with Gasteiger partial charge in [-0.3, -0.25) is 0 Å². The van der Waals surface area contributed by atoms with Crippen LogP contribution in [-0.4, -0.2) is 6.54 Å². The predicted molar refractivity (Wildman–Crippen MR) is 81.2 cm³/mol. The average molecular weight is 259 g/mol. The Morgan fingerprint density at radius 2 is 1.94 bits per heavy atom. The van der Waals surface area contributed by atoms with Gasteiger partial charge in [-0.05, 0) is 66.6 Å². The van der Waals surface area contributed by atoms with Gasteiger partial charge in [-0.25, -0.2) is 0 Å². The Morgan fingerprint density at radius 3 is 2.61 bits per heavy atom. The smallest absolute Gasteiger partial charge is 0.0205 e. The van der Waals surface area contributed by atoms with E-state index in [-0.39, 0.29) is 0 Å². The number of rotatable bonds is 5. The van der Waals surface area contributed by atoms with Gasteiger partial charge in [0.15, 0.2) is 0 Å². The summed E-state index contributed by atoms with van der Waals surface area (Å²) in [5, 5.41) is 5.63. The van der Waals surface area contributed by atoms with Crippen LogP contribution in [0.2, 0.25) is 0 Å². The van der Waals surface area contributed by atoms with Gasteiger partial charge in [0.25, 0.3) is 0 Å². The molecular weight excluding hydrogens is 238 g/mol. The van der Waals surface area contributed by atoms with Crippen LogP contribution in [0.4, 0.5) is 0 Å². The lowest BCUT2D eigenvalue weighted by Gasteiger charge is -2.09. The molecule has 1 heterocycles. The lowest BCUT2D eigenvalue weighted by atomic mass is 9.99. The van der Waals surface area contributed by atoms with Crippen molar-refractivity contribution in [2.24, 2.45) is 0 Å². The zero-order chi connectivity index (χ0) is 13.0. The van der Waals surface area contributed by atoms with E-state index in [1.165, 1.54) is 33.6 Å². The third kappa shape index (κ3) is 3.01. The first-order valence-electron chi connectivity index (χ1n) is 6.57. The Kier molecular flexibility index (Phi) is 4.56. The summed E-state index contributed by atoms with van der Waals surface area (Å²) in [6.45, 7) is 8.63. The second kappa shape index (κ2) is 6.17. The van der Waals surface area contributed by atoms with Crippen LogP contribution >= 0.6 is 11.3 Å². The third-order valence-corrected chi connectivity index (χ3v) is 4.05. The lowest BCUT2D eigenvalue weighted by Crippen LogP contribution is -2.13. The molecule has 0 aliphatic rings. The van der Waals surface area contributed by atoms with Gasteiger partial charge in [-0.15, -0.1) is 11.3 Å². The highest BCUT2D eigenvalue weighted by Gasteiger charge is 2.07. The van der Waals surface area contributed by atoms with Crippen LogP contribution in [0.25, 0.3) is 11.1 Å². The van der Waals surface area contributed by atoms with E-state index in [2.05, 4.69) is 55.7 Å². The van der Waals surface area contributed by atoms with Crippen LogP contribution in [0.15, 0.2) is 29.6 Å². The molecule has 1 aromatic heterocycles. The molecule has 0 saturated heterocycles. The molecule has 0 atom stereocenters. The highest BCUT2D eigenvalue weighted by molar-refractivity contribution is 7.10. The van der Waals surface area contributed by atoms with E-state index < -0.39 is 0 Å². The molecule has 2 aromatic rings. The normalized spacial score (nSPS) is 10.8. The van der Waals surface area contributed by atoms with E-state index >= 15 is 0 Å². The van der Waals surface area contributed by atoms with E-state index in [1.54, 1.807) is 0 Å². The molecule has 1 N–H and O–H groups in total. The SMILES string of the molecule is CCCNCc1ccc(C)c(-c2ccsc2C)c1. The zero-order valence-electron chi connectivity index (χ0n) is 11.4. The molecule has 2 rings (SSSR count). The fraction of sp³-hybridized carbons (Fsp3) is 0.375. The third-order valence-electron chi connectivity index (χ3n) is 3.21. The van der Waals surface area contributed by atoms with Crippen molar-refractivity contribution in [1.82, 2.24) is 5.32 Å². The van der Waals surface area contributed by atoms with Gasteiger partial charge in [0, 0.05) is 11.4 Å². The molecule has 18 heavy (non-hydrogen) atoms. The van der Waals surface area contributed by atoms with Gasteiger partial charge in [0.2, 0.25) is 0 Å². The van der Waals surface area contributed by atoms with Gasteiger partial charge in [-0.2, -0.15) is 0 Å². The van der Waals surface area contributed by atoms with Gasteiger partial charge in [0.1, 0.15) is 0 Å². The summed E-state index contributed by atoms with van der Waals surface area (Å²) in [6.07, 6.45) is 1.18. The monoisotopic (exact) mass is 259 g/mol. The van der Waals surface area contributed by atoms with Crippen LogP contribution in [0.3, 0.4) is 0 Å². The molecule has 1 aromatic carbocycles. The predicted octanol–water partition coefficient (Wildman–Crippen LogP) is 4.53. The summed E-state index contributed by atoms with van der Waals surface area (Å²) in [5.41, 5.74) is 5.49. The molecule has 0 spiro atoms. The van der Waals surface area contributed by atoms with Crippen molar-refractivity contribution in [2.75, 3.05) is 6.54 Å². The van der Waals surface area contributed by atoms with Gasteiger partial charge in [-0.1, -0.05) is 19.1 Å². The minimum absolute atomic E-state index is 0.963. The quantitative estimate of drug-likeness (QED) is 0.778. The van der Waals surface area contributed by atoms with Crippen LogP contribution in [-0.2, 0) is 6.54 Å². The van der Waals surface area contributed by atoms with Crippen LogP contribution in [0.5, 0.6) is 0 Å². The summed E-state index contributed by atoms with van der Waals surface area (Å²) in [5.74, 6) is 0. The number of aryl methyl sites for hydroxylation is 2. The maximum atomic E-state index is 3.46. The Hall–Kier alpha value is -1.12. The molecule has 1 nitrogen and oxygen atoms in total. The fourth-order valence-corrected chi connectivity index (χ4v) is 2.86. The number of thiophene rings is 1. The molecule has 96 valence electrons. The molecule has 0 unspecified atom stereocenters. The number of nitrogens with one attached hydrogen (secondary N) is 1. The Balaban J connectivity index is 2.25. The van der Waals surface area contributed by atoms with Crippen molar-refractivity contribution in [3.8, 4) is 11.1 Å². The minimum Gasteiger partial charge on any atom is -0.313 e. The zero-order valence-corrected chi connectivity index (χ0v) is 12.2. The summed E-state index contributed by atoms with van der Waals surface area (Å²) in [7, 11) is 0. The molecule has 0 radical (unpaired) electrons. The first-order valence-corrected chi connectivity index (χ1v) is 7.45. The molecule has 0 aliphatic carbocycles. The first kappa shape index (κ1) is 13.3. The van der Waals surface area contributed by atoms with Crippen molar-refractivity contribution in [1.29, 1.82) is 0 Å². The first-order chi connectivity index (χ1) is 8.72. The van der Waals surface area contributed by atoms with Crippen molar-refractivity contribution in [3.63, 3.8) is 0 Å². The van der Waals surface area contributed by atoms with E-state index in [1.807, 2.05) is 11.3 Å². The molecule has 0 bridgehead atoms. The molecule has 0 aliphatic heterocycles. The lowest BCUT2D eigenvalue weighted by molar-refractivity contribution is 0.675. The van der Waals surface area contributed by atoms with Crippen molar-refractivity contribution >= 4 is 11.3 Å².